The number of halogens is 1. The van der Waals surface area contributed by atoms with E-state index in [-0.39, 0.29) is 6.42 Å². The summed E-state index contributed by atoms with van der Waals surface area (Å²) in [5.41, 5.74) is 2.05. The van der Waals surface area contributed by atoms with Crippen LogP contribution in [0.15, 0.2) is 60.8 Å². The molecule has 0 aliphatic carbocycles. The van der Waals surface area contributed by atoms with Crippen LogP contribution in [0.4, 0.5) is 0 Å². The molecule has 5 nitrogen and oxygen atoms in total. The predicted octanol–water partition coefficient (Wildman–Crippen LogP) is 3.46. The summed E-state index contributed by atoms with van der Waals surface area (Å²) in [5, 5.41) is 10.4. The number of fused-ring (bicyclic) bond motifs is 1. The van der Waals surface area contributed by atoms with Gasteiger partial charge < -0.3 is 10.1 Å². The van der Waals surface area contributed by atoms with Gasteiger partial charge in [0.2, 0.25) is 0 Å². The van der Waals surface area contributed by atoms with E-state index in [0.29, 0.717) is 5.56 Å². The van der Waals surface area contributed by atoms with E-state index in [2.05, 4.69) is 4.98 Å². The van der Waals surface area contributed by atoms with Crippen LogP contribution in [0, 0.1) is 0 Å². The molecule has 3 rings (SSSR count). The standard InChI is InChI=1S/C18H15ClN2O3/c19-21(17(22)12-6-2-1-3-7-12)16(18(23)24)10-13-11-20-15-9-5-4-8-14(13)15/h1-9,11,16,20H,10H2,(H,23,24). The average Bonchev–Trinajstić information content (AvgIpc) is 3.02. The topological polar surface area (TPSA) is 73.4 Å². The van der Waals surface area contributed by atoms with Crippen molar-refractivity contribution in [3.8, 4) is 0 Å². The predicted molar refractivity (Wildman–Crippen MR) is 91.9 cm³/mol. The number of hydrogen-bond donors (Lipinski definition) is 2. The Balaban J connectivity index is 1.87. The second kappa shape index (κ2) is 6.76. The molecule has 122 valence electrons. The van der Waals surface area contributed by atoms with Gasteiger partial charge in [-0.3, -0.25) is 4.79 Å². The summed E-state index contributed by atoms with van der Waals surface area (Å²) in [6, 6.07) is 14.8. The van der Waals surface area contributed by atoms with Crippen molar-refractivity contribution < 1.29 is 14.7 Å². The van der Waals surface area contributed by atoms with E-state index >= 15 is 0 Å². The Labute approximate surface area is 143 Å². The number of benzene rings is 2. The van der Waals surface area contributed by atoms with Crippen molar-refractivity contribution in [3.63, 3.8) is 0 Å². The normalized spacial score (nSPS) is 12.0. The fourth-order valence-electron chi connectivity index (χ4n) is 2.62. The third kappa shape index (κ3) is 3.12. The molecule has 1 heterocycles. The van der Waals surface area contributed by atoms with Crippen LogP contribution in [0.25, 0.3) is 10.9 Å². The van der Waals surface area contributed by atoms with Gasteiger partial charge in [0.25, 0.3) is 5.91 Å². The highest BCUT2D eigenvalue weighted by atomic mass is 35.5. The number of nitrogens with one attached hydrogen (secondary N) is 1. The van der Waals surface area contributed by atoms with Crippen molar-refractivity contribution in [2.75, 3.05) is 0 Å². The lowest BCUT2D eigenvalue weighted by atomic mass is 10.0. The summed E-state index contributed by atoms with van der Waals surface area (Å²) in [5.74, 6) is -1.69. The number of amides is 1. The summed E-state index contributed by atoms with van der Waals surface area (Å²) in [6.07, 6.45) is 1.86. The molecule has 2 N–H and O–H groups in total. The molecule has 0 saturated carbocycles. The Morgan fingerprint density at radius 2 is 1.75 bits per heavy atom. The quantitative estimate of drug-likeness (QED) is 0.697. The van der Waals surface area contributed by atoms with Crippen LogP contribution in [0.1, 0.15) is 15.9 Å². The molecule has 0 aliphatic rings. The number of carboxylic acids is 1. The van der Waals surface area contributed by atoms with Gasteiger partial charge in [0.1, 0.15) is 0 Å². The molecule has 0 saturated heterocycles. The molecule has 0 aliphatic heterocycles. The summed E-state index contributed by atoms with van der Waals surface area (Å²) in [7, 11) is 0. The van der Waals surface area contributed by atoms with Crippen LogP contribution < -0.4 is 0 Å². The minimum atomic E-state index is -1.17. The van der Waals surface area contributed by atoms with Crippen LogP contribution in [-0.2, 0) is 11.2 Å². The molecule has 1 amide bonds. The molecule has 3 aromatic rings. The van der Waals surface area contributed by atoms with Gasteiger partial charge in [0.05, 0.1) is 0 Å². The summed E-state index contributed by atoms with van der Waals surface area (Å²) < 4.78 is 0.763. The van der Waals surface area contributed by atoms with Crippen molar-refractivity contribution in [1.82, 2.24) is 9.40 Å². The lowest BCUT2D eigenvalue weighted by molar-refractivity contribution is -0.140. The number of nitrogens with zero attached hydrogens (tertiary/aromatic N) is 1. The number of para-hydroxylation sites is 1. The van der Waals surface area contributed by atoms with Gasteiger partial charge in [-0.2, -0.15) is 0 Å². The van der Waals surface area contributed by atoms with E-state index in [0.717, 1.165) is 20.9 Å². The zero-order chi connectivity index (χ0) is 17.1. The summed E-state index contributed by atoms with van der Waals surface area (Å²) in [6.45, 7) is 0. The Hall–Kier alpha value is -2.79. The van der Waals surface area contributed by atoms with Gasteiger partial charge in [-0.1, -0.05) is 36.4 Å². The molecule has 6 heteroatoms. The van der Waals surface area contributed by atoms with Crippen LogP contribution in [-0.4, -0.2) is 32.4 Å². The van der Waals surface area contributed by atoms with Crippen molar-refractivity contribution in [2.24, 2.45) is 0 Å². The van der Waals surface area contributed by atoms with E-state index < -0.39 is 17.9 Å². The van der Waals surface area contributed by atoms with Crippen molar-refractivity contribution in [3.05, 3.63) is 71.9 Å². The highest BCUT2D eigenvalue weighted by Gasteiger charge is 2.30. The van der Waals surface area contributed by atoms with Crippen LogP contribution in [0.3, 0.4) is 0 Å². The number of H-pyrrole nitrogens is 1. The van der Waals surface area contributed by atoms with E-state index in [1.54, 1.807) is 36.5 Å². The van der Waals surface area contributed by atoms with Gasteiger partial charge in [0.15, 0.2) is 6.04 Å². The van der Waals surface area contributed by atoms with Crippen LogP contribution in [0.2, 0.25) is 0 Å². The SMILES string of the molecule is O=C(O)C(Cc1c[nH]c2ccccc12)N(Cl)C(=O)c1ccccc1. The van der Waals surface area contributed by atoms with Crippen molar-refractivity contribution in [2.45, 2.75) is 12.5 Å². The van der Waals surface area contributed by atoms with Gasteiger partial charge in [0, 0.05) is 40.9 Å². The van der Waals surface area contributed by atoms with Gasteiger partial charge in [-0.15, -0.1) is 0 Å². The fraction of sp³-hybridized carbons (Fsp3) is 0.111. The summed E-state index contributed by atoms with van der Waals surface area (Å²) >= 11 is 6.09. The third-order valence-corrected chi connectivity index (χ3v) is 4.25. The highest BCUT2D eigenvalue weighted by Crippen LogP contribution is 2.22. The molecule has 0 spiro atoms. The number of hydrogen-bond acceptors (Lipinski definition) is 2. The molecule has 0 bridgehead atoms. The Kier molecular flexibility index (Phi) is 4.53. The Bertz CT molecular complexity index is 876. The monoisotopic (exact) mass is 342 g/mol. The molecule has 1 atom stereocenters. The number of aromatic amines is 1. The van der Waals surface area contributed by atoms with Gasteiger partial charge in [-0.25, -0.2) is 9.21 Å². The highest BCUT2D eigenvalue weighted by molar-refractivity contribution is 6.25. The maximum atomic E-state index is 12.4. The largest absolute Gasteiger partial charge is 0.480 e. The number of carboxylic acid groups (broad SMARTS) is 1. The average molecular weight is 343 g/mol. The van der Waals surface area contributed by atoms with Crippen LogP contribution >= 0.6 is 11.8 Å². The number of carbonyl (C=O) groups excluding carboxylic acids is 1. The van der Waals surface area contributed by atoms with Crippen molar-refractivity contribution >= 4 is 34.6 Å². The zero-order valence-corrected chi connectivity index (χ0v) is 13.4. The van der Waals surface area contributed by atoms with E-state index in [1.165, 1.54) is 0 Å². The van der Waals surface area contributed by atoms with Crippen LogP contribution in [0.5, 0.6) is 0 Å². The first-order valence-corrected chi connectivity index (χ1v) is 7.74. The van der Waals surface area contributed by atoms with E-state index in [1.807, 2.05) is 24.3 Å². The number of aliphatic carboxylic acids is 1. The minimum Gasteiger partial charge on any atom is -0.480 e. The smallest absolute Gasteiger partial charge is 0.328 e. The number of carbonyl (C=O) groups is 2. The first-order valence-electron chi connectivity index (χ1n) is 7.40. The molecule has 2 aromatic carbocycles. The fourth-order valence-corrected chi connectivity index (χ4v) is 2.87. The molecule has 0 fully saturated rings. The minimum absolute atomic E-state index is 0.113. The van der Waals surface area contributed by atoms with Crippen molar-refractivity contribution in [1.29, 1.82) is 0 Å². The second-order valence-electron chi connectivity index (χ2n) is 5.40. The Morgan fingerprint density at radius 1 is 1.08 bits per heavy atom. The summed E-state index contributed by atoms with van der Waals surface area (Å²) in [4.78, 5) is 27.1. The molecule has 0 radical (unpaired) electrons. The number of rotatable bonds is 5. The maximum absolute atomic E-state index is 12.4. The Morgan fingerprint density at radius 3 is 2.46 bits per heavy atom. The lowest BCUT2D eigenvalue weighted by Crippen LogP contribution is -2.40. The first-order chi connectivity index (χ1) is 11.6. The van der Waals surface area contributed by atoms with Gasteiger partial charge in [-0.05, 0) is 23.8 Å². The molecule has 1 unspecified atom stereocenters. The molecular formula is C18H15ClN2O3. The third-order valence-electron chi connectivity index (χ3n) is 3.86. The van der Waals surface area contributed by atoms with E-state index in [4.69, 9.17) is 11.8 Å². The first kappa shape index (κ1) is 16.1. The molecular weight excluding hydrogens is 328 g/mol. The lowest BCUT2D eigenvalue weighted by Gasteiger charge is -2.21. The maximum Gasteiger partial charge on any atom is 0.328 e. The zero-order valence-electron chi connectivity index (χ0n) is 12.6. The van der Waals surface area contributed by atoms with Gasteiger partial charge >= 0.3 is 5.97 Å². The number of aromatic nitrogens is 1. The molecule has 1 aromatic heterocycles. The molecule has 24 heavy (non-hydrogen) atoms. The second-order valence-corrected chi connectivity index (χ2v) is 5.76. The van der Waals surface area contributed by atoms with E-state index in [9.17, 15) is 14.7 Å².